The van der Waals surface area contributed by atoms with Crippen molar-refractivity contribution in [3.05, 3.63) is 46.6 Å². The average Bonchev–Trinajstić information content (AvgIpc) is 2.69. The van der Waals surface area contributed by atoms with E-state index in [-0.39, 0.29) is 17.5 Å². The molecule has 0 bridgehead atoms. The maximum absolute atomic E-state index is 12.3. The van der Waals surface area contributed by atoms with Gasteiger partial charge in [0.15, 0.2) is 0 Å². The highest BCUT2D eigenvalue weighted by Gasteiger charge is 2.21. The van der Waals surface area contributed by atoms with E-state index in [1.165, 1.54) is 12.3 Å². The second-order valence-electron chi connectivity index (χ2n) is 6.18. The first-order valence-electron chi connectivity index (χ1n) is 8.68. The van der Waals surface area contributed by atoms with E-state index in [2.05, 4.69) is 20.9 Å². The SMILES string of the molecule is CNc1ccc(Oc2ccnc(NC(=O)C3CCNCC3)c2)cc1[N+](=O)[O-]. The number of benzene rings is 1. The predicted molar refractivity (Wildman–Crippen MR) is 101 cm³/mol. The van der Waals surface area contributed by atoms with Crippen LogP contribution in [0.25, 0.3) is 0 Å². The number of hydrogen-bond acceptors (Lipinski definition) is 7. The van der Waals surface area contributed by atoms with Gasteiger partial charge >= 0.3 is 0 Å². The maximum Gasteiger partial charge on any atom is 0.296 e. The Morgan fingerprint density at radius 1 is 1.26 bits per heavy atom. The summed E-state index contributed by atoms with van der Waals surface area (Å²) in [6.07, 6.45) is 3.11. The zero-order valence-corrected chi connectivity index (χ0v) is 14.9. The van der Waals surface area contributed by atoms with Gasteiger partial charge in [0.2, 0.25) is 5.91 Å². The number of carbonyl (C=O) groups excluding carboxylic acids is 1. The van der Waals surface area contributed by atoms with E-state index in [4.69, 9.17) is 4.74 Å². The Kier molecular flexibility index (Phi) is 5.82. The first-order valence-corrected chi connectivity index (χ1v) is 8.68. The van der Waals surface area contributed by atoms with Crippen molar-refractivity contribution in [2.24, 2.45) is 5.92 Å². The number of nitro benzene ring substituents is 1. The molecule has 0 spiro atoms. The topological polar surface area (TPSA) is 118 Å². The number of anilines is 2. The highest BCUT2D eigenvalue weighted by molar-refractivity contribution is 5.91. The van der Waals surface area contributed by atoms with Gasteiger partial charge in [-0.1, -0.05) is 0 Å². The number of nitrogens with zero attached hydrogens (tertiary/aromatic N) is 2. The van der Waals surface area contributed by atoms with Crippen LogP contribution in [0.4, 0.5) is 17.2 Å². The van der Waals surface area contributed by atoms with Gasteiger partial charge in [-0.2, -0.15) is 0 Å². The van der Waals surface area contributed by atoms with Crippen LogP contribution >= 0.6 is 0 Å². The number of ether oxygens (including phenoxy) is 1. The van der Waals surface area contributed by atoms with Crippen LogP contribution in [0.2, 0.25) is 0 Å². The third-order valence-electron chi connectivity index (χ3n) is 4.36. The molecule has 3 N–H and O–H groups in total. The number of rotatable bonds is 6. The lowest BCUT2D eigenvalue weighted by Crippen LogP contribution is -2.34. The Morgan fingerprint density at radius 2 is 2.00 bits per heavy atom. The molecule has 0 unspecified atom stereocenters. The standard InChI is InChI=1S/C18H21N5O4/c1-19-15-3-2-13(10-16(15)23(25)26)27-14-6-9-21-17(11-14)22-18(24)12-4-7-20-8-5-12/h2-3,6,9-12,19-20H,4-5,7-8H2,1H3,(H,21,22,24). The molecule has 142 valence electrons. The van der Waals surface area contributed by atoms with Crippen molar-refractivity contribution in [2.75, 3.05) is 30.8 Å². The molecule has 0 radical (unpaired) electrons. The third kappa shape index (κ3) is 4.70. The Hall–Kier alpha value is -3.20. The summed E-state index contributed by atoms with van der Waals surface area (Å²) in [7, 11) is 1.61. The summed E-state index contributed by atoms with van der Waals surface area (Å²) in [5, 5.41) is 20.0. The molecule has 2 aromatic rings. The van der Waals surface area contributed by atoms with Crippen LogP contribution in [0.3, 0.4) is 0 Å². The molecule has 1 amide bonds. The highest BCUT2D eigenvalue weighted by atomic mass is 16.6. The first-order chi connectivity index (χ1) is 13.1. The Labute approximate surface area is 156 Å². The van der Waals surface area contributed by atoms with E-state index in [9.17, 15) is 14.9 Å². The largest absolute Gasteiger partial charge is 0.457 e. The number of pyridine rings is 1. The van der Waals surface area contributed by atoms with Crippen LogP contribution < -0.4 is 20.7 Å². The lowest BCUT2D eigenvalue weighted by molar-refractivity contribution is -0.384. The molecule has 0 atom stereocenters. The fraction of sp³-hybridized carbons (Fsp3) is 0.333. The minimum atomic E-state index is -0.476. The molecular formula is C18H21N5O4. The molecule has 3 rings (SSSR count). The molecule has 1 aliphatic heterocycles. The average molecular weight is 371 g/mol. The number of hydrogen-bond donors (Lipinski definition) is 3. The van der Waals surface area contributed by atoms with Gasteiger partial charge in [0.05, 0.1) is 11.0 Å². The first kappa shape index (κ1) is 18.6. The van der Waals surface area contributed by atoms with Crippen LogP contribution in [0.1, 0.15) is 12.8 Å². The predicted octanol–water partition coefficient (Wildman–Crippen LogP) is 2.76. The number of carbonyl (C=O) groups is 1. The zero-order valence-electron chi connectivity index (χ0n) is 14.9. The zero-order chi connectivity index (χ0) is 19.2. The molecule has 1 aliphatic rings. The summed E-state index contributed by atoms with van der Waals surface area (Å²) in [5.41, 5.74) is 0.320. The molecule has 1 aromatic carbocycles. The molecule has 1 fully saturated rings. The quantitative estimate of drug-likeness (QED) is 0.528. The summed E-state index contributed by atoms with van der Waals surface area (Å²) in [6.45, 7) is 1.66. The molecule has 2 heterocycles. The van der Waals surface area contributed by atoms with Crippen molar-refractivity contribution in [2.45, 2.75) is 12.8 Å². The highest BCUT2D eigenvalue weighted by Crippen LogP contribution is 2.31. The number of amides is 1. The molecular weight excluding hydrogens is 350 g/mol. The summed E-state index contributed by atoms with van der Waals surface area (Å²) < 4.78 is 5.70. The van der Waals surface area contributed by atoms with Gasteiger partial charge in [0.1, 0.15) is 23.0 Å². The monoisotopic (exact) mass is 371 g/mol. The molecule has 27 heavy (non-hydrogen) atoms. The van der Waals surface area contributed by atoms with Crippen LogP contribution in [0.15, 0.2) is 36.5 Å². The molecule has 0 aliphatic carbocycles. The molecule has 1 saturated heterocycles. The normalized spacial score (nSPS) is 14.4. The molecule has 1 aromatic heterocycles. The molecule has 9 heteroatoms. The maximum atomic E-state index is 12.3. The van der Waals surface area contributed by atoms with Gasteiger partial charge in [0.25, 0.3) is 5.69 Å². The van der Waals surface area contributed by atoms with Crippen LogP contribution in [0, 0.1) is 16.0 Å². The van der Waals surface area contributed by atoms with Gasteiger partial charge in [0, 0.05) is 25.2 Å². The number of piperidine rings is 1. The Balaban J connectivity index is 1.71. The van der Waals surface area contributed by atoms with Crippen LogP contribution in [-0.2, 0) is 4.79 Å². The number of nitro groups is 1. The van der Waals surface area contributed by atoms with E-state index in [0.29, 0.717) is 23.0 Å². The second-order valence-corrected chi connectivity index (χ2v) is 6.18. The summed E-state index contributed by atoms with van der Waals surface area (Å²) in [6, 6.07) is 7.77. The van der Waals surface area contributed by atoms with Gasteiger partial charge < -0.3 is 20.7 Å². The lowest BCUT2D eigenvalue weighted by Gasteiger charge is -2.21. The Bertz CT molecular complexity index is 836. The third-order valence-corrected chi connectivity index (χ3v) is 4.36. The van der Waals surface area contributed by atoms with E-state index in [1.54, 1.807) is 31.3 Å². The summed E-state index contributed by atoms with van der Waals surface area (Å²) in [4.78, 5) is 27.2. The number of nitrogens with one attached hydrogen (secondary N) is 3. The van der Waals surface area contributed by atoms with Crippen LogP contribution in [-0.4, -0.2) is 36.0 Å². The summed E-state index contributed by atoms with van der Waals surface area (Å²) in [5.74, 6) is 1.04. The number of aromatic nitrogens is 1. The smallest absolute Gasteiger partial charge is 0.296 e. The van der Waals surface area contributed by atoms with Crippen molar-refractivity contribution in [1.29, 1.82) is 0 Å². The van der Waals surface area contributed by atoms with Crippen molar-refractivity contribution >= 4 is 23.1 Å². The minimum Gasteiger partial charge on any atom is -0.457 e. The minimum absolute atomic E-state index is 0.0330. The van der Waals surface area contributed by atoms with Gasteiger partial charge in [-0.15, -0.1) is 0 Å². The fourth-order valence-corrected chi connectivity index (χ4v) is 2.93. The van der Waals surface area contributed by atoms with Crippen molar-refractivity contribution in [3.8, 4) is 11.5 Å². The second kappa shape index (κ2) is 8.45. The Morgan fingerprint density at radius 3 is 2.70 bits per heavy atom. The van der Waals surface area contributed by atoms with Crippen molar-refractivity contribution in [3.63, 3.8) is 0 Å². The molecule has 9 nitrogen and oxygen atoms in total. The van der Waals surface area contributed by atoms with Gasteiger partial charge in [-0.05, 0) is 44.1 Å². The molecule has 0 saturated carbocycles. The fourth-order valence-electron chi connectivity index (χ4n) is 2.93. The van der Waals surface area contributed by atoms with Crippen LogP contribution in [0.5, 0.6) is 11.5 Å². The van der Waals surface area contributed by atoms with Crippen molar-refractivity contribution in [1.82, 2.24) is 10.3 Å². The van der Waals surface area contributed by atoms with E-state index in [1.807, 2.05) is 0 Å². The van der Waals surface area contributed by atoms with E-state index >= 15 is 0 Å². The lowest BCUT2D eigenvalue weighted by atomic mass is 9.97. The van der Waals surface area contributed by atoms with Gasteiger partial charge in [-0.3, -0.25) is 14.9 Å². The van der Waals surface area contributed by atoms with Gasteiger partial charge in [-0.25, -0.2) is 4.98 Å². The van der Waals surface area contributed by atoms with Crippen molar-refractivity contribution < 1.29 is 14.5 Å². The summed E-state index contributed by atoms with van der Waals surface area (Å²) >= 11 is 0. The van der Waals surface area contributed by atoms with E-state index < -0.39 is 4.92 Å². The van der Waals surface area contributed by atoms with E-state index in [0.717, 1.165) is 25.9 Å².